The Kier molecular flexibility index (Phi) is 6.99. The minimum absolute atomic E-state index is 0.0592. The van der Waals surface area contributed by atoms with Crippen LogP contribution in [0.1, 0.15) is 39.2 Å². The van der Waals surface area contributed by atoms with Crippen LogP contribution in [0.4, 0.5) is 5.69 Å². The number of nitrogens with one attached hydrogen (secondary N) is 1. The SMILES string of the molecule is COC(=O)c1cc(NC(=O)C[NH2+][C@@H](C)c2cccc3ccccc23)cc(C(=O)OC)c1. The molecule has 0 spiro atoms. The van der Waals surface area contributed by atoms with Crippen LogP contribution < -0.4 is 10.6 Å². The average Bonchev–Trinajstić information content (AvgIpc) is 2.80. The predicted molar refractivity (Wildman–Crippen MR) is 117 cm³/mol. The highest BCUT2D eigenvalue weighted by atomic mass is 16.5. The third-order valence-electron chi connectivity index (χ3n) is 5.03. The van der Waals surface area contributed by atoms with Gasteiger partial charge in [-0.1, -0.05) is 42.5 Å². The number of carbonyl (C=O) groups excluding carboxylic acids is 3. The number of carbonyl (C=O) groups is 3. The number of nitrogens with two attached hydrogens (primary N) is 1. The van der Waals surface area contributed by atoms with Crippen molar-refractivity contribution in [1.82, 2.24) is 0 Å². The highest BCUT2D eigenvalue weighted by molar-refractivity contribution is 5.99. The number of ether oxygens (including phenoxy) is 2. The molecule has 0 unspecified atom stereocenters. The van der Waals surface area contributed by atoms with Crippen molar-refractivity contribution < 1.29 is 29.2 Å². The molecule has 7 nitrogen and oxygen atoms in total. The van der Waals surface area contributed by atoms with Gasteiger partial charge in [-0.15, -0.1) is 0 Å². The number of esters is 2. The zero-order chi connectivity index (χ0) is 22.4. The topological polar surface area (TPSA) is 98.3 Å². The van der Waals surface area contributed by atoms with Crippen molar-refractivity contribution in [2.45, 2.75) is 13.0 Å². The summed E-state index contributed by atoms with van der Waals surface area (Å²) in [6, 6.07) is 18.6. The second-order valence-corrected chi connectivity index (χ2v) is 7.13. The number of amides is 1. The maximum atomic E-state index is 12.5. The van der Waals surface area contributed by atoms with Crippen molar-refractivity contribution in [3.05, 3.63) is 77.4 Å². The zero-order valence-corrected chi connectivity index (χ0v) is 17.7. The molecule has 160 valence electrons. The molecule has 0 fully saturated rings. The van der Waals surface area contributed by atoms with Gasteiger partial charge in [0.25, 0.3) is 5.91 Å². The Bertz CT molecular complexity index is 1090. The molecule has 0 heterocycles. The first-order valence-corrected chi connectivity index (χ1v) is 9.85. The Hall–Kier alpha value is -3.71. The average molecular weight is 421 g/mol. The van der Waals surface area contributed by atoms with Crippen molar-refractivity contribution in [1.29, 1.82) is 0 Å². The standard InChI is InChI=1S/C24H24N2O5/c1-15(20-10-6-8-16-7-4-5-9-21(16)20)25-14-22(27)26-19-12-17(23(28)30-2)11-18(13-19)24(29)31-3/h4-13,15,25H,14H2,1-3H3,(H,26,27)/p+1/t15-/m0/s1. The molecule has 1 atom stereocenters. The van der Waals surface area contributed by atoms with Gasteiger partial charge in [0, 0.05) is 11.3 Å². The Morgan fingerprint density at radius 1 is 0.903 bits per heavy atom. The number of hydrogen-bond donors (Lipinski definition) is 2. The summed E-state index contributed by atoms with van der Waals surface area (Å²) in [6.07, 6.45) is 0. The fourth-order valence-corrected chi connectivity index (χ4v) is 3.44. The first-order chi connectivity index (χ1) is 14.9. The van der Waals surface area contributed by atoms with Crippen LogP contribution in [0.5, 0.6) is 0 Å². The minimum atomic E-state index is -0.614. The van der Waals surface area contributed by atoms with Crippen molar-refractivity contribution >= 4 is 34.3 Å². The van der Waals surface area contributed by atoms with Crippen molar-refractivity contribution in [2.24, 2.45) is 0 Å². The number of fused-ring (bicyclic) bond motifs is 1. The molecule has 0 aliphatic heterocycles. The fourth-order valence-electron chi connectivity index (χ4n) is 3.44. The van der Waals surface area contributed by atoms with Gasteiger partial charge < -0.3 is 20.1 Å². The van der Waals surface area contributed by atoms with Crippen molar-refractivity contribution in [3.63, 3.8) is 0 Å². The van der Waals surface area contributed by atoms with Gasteiger partial charge in [-0.05, 0) is 35.9 Å². The molecule has 3 aromatic carbocycles. The van der Waals surface area contributed by atoms with Gasteiger partial charge in [-0.25, -0.2) is 9.59 Å². The van der Waals surface area contributed by atoms with E-state index in [0.717, 1.165) is 16.3 Å². The first-order valence-electron chi connectivity index (χ1n) is 9.85. The lowest BCUT2D eigenvalue weighted by Gasteiger charge is -2.14. The molecule has 1 amide bonds. The molecule has 7 heteroatoms. The van der Waals surface area contributed by atoms with E-state index in [-0.39, 0.29) is 29.6 Å². The van der Waals surface area contributed by atoms with Crippen LogP contribution in [0.3, 0.4) is 0 Å². The fraction of sp³-hybridized carbons (Fsp3) is 0.208. The predicted octanol–water partition coefficient (Wildman–Crippen LogP) is 2.68. The van der Waals surface area contributed by atoms with Crippen LogP contribution in [0.2, 0.25) is 0 Å². The van der Waals surface area contributed by atoms with Gasteiger partial charge in [-0.2, -0.15) is 0 Å². The highest BCUT2D eigenvalue weighted by Crippen LogP contribution is 2.22. The molecule has 0 saturated heterocycles. The second kappa shape index (κ2) is 9.86. The molecule has 0 aromatic heterocycles. The maximum Gasteiger partial charge on any atom is 0.337 e. The Balaban J connectivity index is 1.71. The third-order valence-corrected chi connectivity index (χ3v) is 5.03. The quantitative estimate of drug-likeness (QED) is 0.572. The molecule has 0 radical (unpaired) electrons. The summed E-state index contributed by atoms with van der Waals surface area (Å²) in [5.41, 5.74) is 1.76. The van der Waals surface area contributed by atoms with Crippen molar-refractivity contribution in [2.75, 3.05) is 26.1 Å². The number of anilines is 1. The molecule has 3 rings (SSSR count). The summed E-state index contributed by atoms with van der Waals surface area (Å²) >= 11 is 0. The smallest absolute Gasteiger partial charge is 0.337 e. The van der Waals surface area contributed by atoms with E-state index in [0.29, 0.717) is 5.69 Å². The second-order valence-electron chi connectivity index (χ2n) is 7.13. The van der Waals surface area contributed by atoms with Gasteiger partial charge in [0.15, 0.2) is 6.54 Å². The molecular weight excluding hydrogens is 396 g/mol. The van der Waals surface area contributed by atoms with E-state index in [2.05, 4.69) is 29.6 Å². The number of benzene rings is 3. The van der Waals surface area contributed by atoms with Gasteiger partial charge >= 0.3 is 11.9 Å². The lowest BCUT2D eigenvalue weighted by Crippen LogP contribution is -2.86. The van der Waals surface area contributed by atoms with E-state index in [1.54, 1.807) is 0 Å². The lowest BCUT2D eigenvalue weighted by molar-refractivity contribution is -0.682. The molecule has 0 aliphatic carbocycles. The number of methoxy groups -OCH3 is 2. The van der Waals surface area contributed by atoms with Crippen LogP contribution in [0.15, 0.2) is 60.7 Å². The molecule has 0 saturated carbocycles. The molecular formula is C24H25N2O5+. The number of hydrogen-bond acceptors (Lipinski definition) is 5. The van der Waals surface area contributed by atoms with Gasteiger partial charge in [0.1, 0.15) is 6.04 Å². The third kappa shape index (κ3) is 5.26. The Morgan fingerprint density at radius 3 is 2.16 bits per heavy atom. The maximum absolute atomic E-state index is 12.5. The number of quaternary nitrogens is 1. The summed E-state index contributed by atoms with van der Waals surface area (Å²) in [7, 11) is 2.49. The van der Waals surface area contributed by atoms with E-state index in [9.17, 15) is 14.4 Å². The van der Waals surface area contributed by atoms with Gasteiger partial charge in [-0.3, -0.25) is 4.79 Å². The Morgan fingerprint density at radius 2 is 1.52 bits per heavy atom. The van der Waals surface area contributed by atoms with Gasteiger partial charge in [0.05, 0.1) is 25.3 Å². The molecule has 0 aliphatic rings. The molecule has 3 aromatic rings. The van der Waals surface area contributed by atoms with E-state index in [1.807, 2.05) is 30.4 Å². The lowest BCUT2D eigenvalue weighted by atomic mass is 10.00. The summed E-state index contributed by atoms with van der Waals surface area (Å²) in [5, 5.41) is 6.98. The normalized spacial score (nSPS) is 11.6. The summed E-state index contributed by atoms with van der Waals surface area (Å²) in [4.78, 5) is 36.3. The van der Waals surface area contributed by atoms with E-state index in [4.69, 9.17) is 9.47 Å². The van der Waals surface area contributed by atoms with Crippen LogP contribution in [-0.4, -0.2) is 38.6 Å². The largest absolute Gasteiger partial charge is 0.465 e. The van der Waals surface area contributed by atoms with Crippen LogP contribution in [-0.2, 0) is 14.3 Å². The highest BCUT2D eigenvalue weighted by Gasteiger charge is 2.17. The molecule has 0 bridgehead atoms. The summed E-state index contributed by atoms with van der Waals surface area (Å²) in [6.45, 7) is 2.21. The van der Waals surface area contributed by atoms with E-state index < -0.39 is 11.9 Å². The summed E-state index contributed by atoms with van der Waals surface area (Å²) < 4.78 is 9.44. The van der Waals surface area contributed by atoms with Crippen LogP contribution in [0.25, 0.3) is 10.8 Å². The van der Waals surface area contributed by atoms with Gasteiger partial charge in [0.2, 0.25) is 0 Å². The first kappa shape index (κ1) is 22.0. The minimum Gasteiger partial charge on any atom is -0.465 e. The number of rotatable bonds is 7. The van der Waals surface area contributed by atoms with E-state index in [1.165, 1.54) is 32.4 Å². The van der Waals surface area contributed by atoms with Crippen LogP contribution >= 0.6 is 0 Å². The molecule has 31 heavy (non-hydrogen) atoms. The Labute approximate surface area is 180 Å². The van der Waals surface area contributed by atoms with E-state index >= 15 is 0 Å². The van der Waals surface area contributed by atoms with Crippen molar-refractivity contribution in [3.8, 4) is 0 Å². The monoisotopic (exact) mass is 421 g/mol. The summed E-state index contributed by atoms with van der Waals surface area (Å²) in [5.74, 6) is -1.49. The zero-order valence-electron chi connectivity index (χ0n) is 17.7. The molecule has 3 N–H and O–H groups in total. The van der Waals surface area contributed by atoms with Crippen LogP contribution in [0, 0.1) is 0 Å².